The highest BCUT2D eigenvalue weighted by Gasteiger charge is 2.49. The number of halogens is 2. The second kappa shape index (κ2) is 36.0. The van der Waals surface area contributed by atoms with Crippen molar-refractivity contribution >= 4 is 67.1 Å². The molecule has 4 N–H and O–H groups in total. The smallest absolute Gasteiger partial charge is 0.251 e. The maximum atomic E-state index is 14.2. The molecule has 2 atom stereocenters. The van der Waals surface area contributed by atoms with E-state index in [2.05, 4.69) is 24.5 Å². The molecule has 2 amide bonds. The maximum absolute atomic E-state index is 14.2. The van der Waals surface area contributed by atoms with E-state index < -0.39 is 20.0 Å². The van der Waals surface area contributed by atoms with Crippen LogP contribution in [0.1, 0.15) is 225 Å². The van der Waals surface area contributed by atoms with E-state index in [1.807, 2.05) is 0 Å². The number of carbonyl (C=O) groups is 4. The first kappa shape index (κ1) is 58.0. The van der Waals surface area contributed by atoms with E-state index >= 15 is 0 Å². The van der Waals surface area contributed by atoms with E-state index in [4.69, 9.17) is 23.2 Å². The Labute approximate surface area is 405 Å². The van der Waals surface area contributed by atoms with E-state index in [9.17, 15) is 29.4 Å². The number of carbonyl (C=O) groups excluding carboxylic acids is 4. The van der Waals surface area contributed by atoms with Gasteiger partial charge in [-0.15, -0.1) is 0 Å². The Morgan fingerprint density at radius 3 is 1.02 bits per heavy atom. The Balaban J connectivity index is 2.48. The summed E-state index contributed by atoms with van der Waals surface area (Å²) in [6, 6.07) is 14.0. The molecule has 0 heterocycles. The van der Waals surface area contributed by atoms with Crippen molar-refractivity contribution in [2.45, 2.75) is 203 Å². The van der Waals surface area contributed by atoms with Crippen molar-refractivity contribution in [3.63, 3.8) is 0 Å². The fourth-order valence-corrected chi connectivity index (χ4v) is 13.0. The molecule has 2 aromatic carbocycles. The first-order valence-electron chi connectivity index (χ1n) is 24.9. The number of nitrogens with one attached hydrogen (secondary N) is 2. The average molecular weight is 966 g/mol. The molecular formula is C52H82Cl2N2O6S2. The summed E-state index contributed by atoms with van der Waals surface area (Å²) in [6.07, 6.45) is 28.9. The lowest BCUT2D eigenvalue weighted by Gasteiger charge is -2.37. The summed E-state index contributed by atoms with van der Waals surface area (Å²) in [5.74, 6) is -0.764. The first-order valence-corrected chi connectivity index (χ1v) is 27.8. The zero-order valence-electron chi connectivity index (χ0n) is 39.3. The van der Waals surface area contributed by atoms with Crippen LogP contribution in [0.5, 0.6) is 0 Å². The van der Waals surface area contributed by atoms with E-state index in [-0.39, 0.29) is 38.1 Å². The molecule has 2 rings (SSSR count). The molecule has 8 nitrogen and oxygen atoms in total. The number of unbranched alkanes of at least 4 members (excludes halogenated alkanes) is 22. The molecule has 0 spiro atoms. The van der Waals surface area contributed by atoms with Gasteiger partial charge in [-0.2, -0.15) is 0 Å². The van der Waals surface area contributed by atoms with Crippen molar-refractivity contribution in [1.82, 2.24) is 10.6 Å². The SMILES string of the molecule is CCCCCCCCCCCCCCC(SSC(CCCCCCCCCCCCCC)(C(=O)Cl)c1ccccc1C(=O)NCCCO)(C(=O)Cl)c1ccccc1C(=O)NCCCO. The van der Waals surface area contributed by atoms with E-state index in [0.29, 0.717) is 60.8 Å². The lowest BCUT2D eigenvalue weighted by molar-refractivity contribution is -0.115. The van der Waals surface area contributed by atoms with Crippen LogP contribution in [-0.2, 0) is 19.1 Å². The second-order valence-corrected chi connectivity index (χ2v) is 20.8. The second-order valence-electron chi connectivity index (χ2n) is 17.4. The van der Waals surface area contributed by atoms with Gasteiger partial charge in [-0.3, -0.25) is 19.2 Å². The molecule has 0 saturated carbocycles. The minimum Gasteiger partial charge on any atom is -0.396 e. The summed E-state index contributed by atoms with van der Waals surface area (Å²) in [5, 5.41) is 23.3. The van der Waals surface area contributed by atoms with Gasteiger partial charge in [0.15, 0.2) is 0 Å². The van der Waals surface area contributed by atoms with Gasteiger partial charge in [0, 0.05) is 37.4 Å². The number of aliphatic hydroxyl groups excluding tert-OH is 2. The Bertz CT molecular complexity index is 1490. The first-order chi connectivity index (χ1) is 31.1. The molecule has 0 radical (unpaired) electrons. The summed E-state index contributed by atoms with van der Waals surface area (Å²) in [5.41, 5.74) is 1.50. The zero-order valence-corrected chi connectivity index (χ0v) is 42.5. The third kappa shape index (κ3) is 21.3. The standard InChI is InChI=1S/C52H82Cl2N2O6S2/c1-3-5-7-9-11-13-15-17-19-21-23-29-37-51(49(53)61,45-35-27-25-33-43(45)47(59)55-39-31-41-57)63-64-52(50(54)62,38-30-24-22-20-18-16-14-12-10-8-6-4-2)46-36-28-26-34-44(46)48(60)56-40-32-42-58/h25-28,33-36,57-58H,3-24,29-32,37-42H2,1-2H3,(H,55,59)(H,56,60). The summed E-state index contributed by atoms with van der Waals surface area (Å²) in [4.78, 5) is 56.0. The molecule has 64 heavy (non-hydrogen) atoms. The topological polar surface area (TPSA) is 133 Å². The van der Waals surface area contributed by atoms with Gasteiger partial charge >= 0.3 is 0 Å². The van der Waals surface area contributed by atoms with Crippen LogP contribution in [0.25, 0.3) is 0 Å². The van der Waals surface area contributed by atoms with Gasteiger partial charge in [0.1, 0.15) is 9.49 Å². The number of benzene rings is 2. The minimum atomic E-state index is -1.46. The highest BCUT2D eigenvalue weighted by molar-refractivity contribution is 8.77. The molecule has 2 unspecified atom stereocenters. The molecule has 0 saturated heterocycles. The number of amides is 2. The molecule has 12 heteroatoms. The Hall–Kier alpha value is -2.08. The number of aliphatic hydroxyl groups is 2. The fraction of sp³-hybridized carbons (Fsp3) is 0.692. The molecule has 2 aromatic rings. The molecule has 0 aliphatic rings. The van der Waals surface area contributed by atoms with Crippen LogP contribution in [0.2, 0.25) is 0 Å². The monoisotopic (exact) mass is 964 g/mol. The summed E-state index contributed by atoms with van der Waals surface area (Å²) in [6.45, 7) is 4.83. The van der Waals surface area contributed by atoms with Crippen molar-refractivity contribution < 1.29 is 29.4 Å². The van der Waals surface area contributed by atoms with Gasteiger partial charge in [-0.25, -0.2) is 0 Å². The normalized spacial score (nSPS) is 13.3. The van der Waals surface area contributed by atoms with E-state index in [0.717, 1.165) is 38.5 Å². The number of hydrogen-bond acceptors (Lipinski definition) is 8. The van der Waals surface area contributed by atoms with Gasteiger partial charge < -0.3 is 20.8 Å². The zero-order chi connectivity index (χ0) is 46.7. The third-order valence-corrected chi connectivity index (χ3v) is 16.9. The Morgan fingerprint density at radius 1 is 0.453 bits per heavy atom. The molecular weight excluding hydrogens is 884 g/mol. The number of rotatable bonds is 41. The van der Waals surface area contributed by atoms with Crippen molar-refractivity contribution in [3.8, 4) is 0 Å². The fourth-order valence-electron chi connectivity index (χ4n) is 8.31. The van der Waals surface area contributed by atoms with E-state index in [1.165, 1.54) is 124 Å². The highest BCUT2D eigenvalue weighted by Crippen LogP contribution is 2.59. The quantitative estimate of drug-likeness (QED) is 0.0294. The predicted octanol–water partition coefficient (Wildman–Crippen LogP) is 14.1. The van der Waals surface area contributed by atoms with Crippen LogP contribution in [0.4, 0.5) is 0 Å². The van der Waals surface area contributed by atoms with E-state index in [1.54, 1.807) is 48.5 Å². The van der Waals surface area contributed by atoms with Gasteiger partial charge in [0.05, 0.1) is 0 Å². The maximum Gasteiger partial charge on any atom is 0.251 e. The Morgan fingerprint density at radius 2 is 0.734 bits per heavy atom. The molecule has 0 fully saturated rings. The number of hydrogen-bond donors (Lipinski definition) is 4. The van der Waals surface area contributed by atoms with Crippen molar-refractivity contribution in [3.05, 3.63) is 70.8 Å². The van der Waals surface area contributed by atoms with Crippen molar-refractivity contribution in [1.29, 1.82) is 0 Å². The van der Waals surface area contributed by atoms with Gasteiger partial charge in [-0.1, -0.05) is 226 Å². The van der Waals surface area contributed by atoms with Gasteiger partial charge in [0.2, 0.25) is 10.5 Å². The van der Waals surface area contributed by atoms with Crippen molar-refractivity contribution in [2.24, 2.45) is 0 Å². The van der Waals surface area contributed by atoms with Crippen LogP contribution >= 0.6 is 44.8 Å². The van der Waals surface area contributed by atoms with Gasteiger partial charge in [0.25, 0.3) is 11.8 Å². The Kier molecular flexibility index (Phi) is 32.7. The summed E-state index contributed by atoms with van der Waals surface area (Å²) in [7, 11) is 2.35. The predicted molar refractivity (Wildman–Crippen MR) is 273 cm³/mol. The van der Waals surface area contributed by atoms with Crippen LogP contribution in [0, 0.1) is 0 Å². The highest BCUT2D eigenvalue weighted by atomic mass is 35.5. The third-order valence-electron chi connectivity index (χ3n) is 12.2. The largest absolute Gasteiger partial charge is 0.396 e. The minimum absolute atomic E-state index is 0.0772. The van der Waals surface area contributed by atoms with Crippen LogP contribution in [0.3, 0.4) is 0 Å². The van der Waals surface area contributed by atoms with Crippen LogP contribution < -0.4 is 10.6 Å². The molecule has 0 aliphatic heterocycles. The summed E-state index contributed by atoms with van der Waals surface area (Å²) >= 11 is 13.6. The molecule has 0 aromatic heterocycles. The molecule has 0 bridgehead atoms. The lowest BCUT2D eigenvalue weighted by atomic mass is 9.89. The van der Waals surface area contributed by atoms with Crippen molar-refractivity contribution in [2.75, 3.05) is 26.3 Å². The molecule has 362 valence electrons. The average Bonchev–Trinajstić information content (AvgIpc) is 3.30. The molecule has 0 aliphatic carbocycles. The van der Waals surface area contributed by atoms with Gasteiger partial charge in [-0.05, 0) is 72.1 Å². The summed E-state index contributed by atoms with van der Waals surface area (Å²) < 4.78 is -2.91. The van der Waals surface area contributed by atoms with Crippen LogP contribution in [-0.4, -0.2) is 58.8 Å². The lowest BCUT2D eigenvalue weighted by Crippen LogP contribution is -2.37. The van der Waals surface area contributed by atoms with Crippen LogP contribution in [0.15, 0.2) is 48.5 Å².